The number of hydrogen-bond donors (Lipinski definition) is 1. The summed E-state index contributed by atoms with van der Waals surface area (Å²) in [7, 11) is 2.46. The van der Waals surface area contributed by atoms with Gasteiger partial charge in [0.25, 0.3) is 0 Å². The van der Waals surface area contributed by atoms with Crippen LogP contribution >= 0.6 is 11.3 Å². The molecule has 12 aromatic rings. The summed E-state index contributed by atoms with van der Waals surface area (Å²) < 4.78 is 19.4. The van der Waals surface area contributed by atoms with Crippen LogP contribution < -0.4 is 16.2 Å². The summed E-state index contributed by atoms with van der Waals surface area (Å²) in [4.78, 5) is 0. The molecule has 0 amide bonds. The minimum atomic E-state index is 0.0182. The fourth-order valence-corrected chi connectivity index (χ4v) is 15.0. The number of fused-ring (bicyclic) bond motifs is 17. The topological polar surface area (TPSA) is 43.2 Å². The molecule has 0 spiro atoms. The van der Waals surface area contributed by atoms with E-state index in [0.29, 0.717) is 0 Å². The molecule has 1 aliphatic heterocycles. The summed E-state index contributed by atoms with van der Waals surface area (Å²) in [5.41, 5.74) is 21.4. The minimum Gasteiger partial charge on any atom is -0.456 e. The van der Waals surface area contributed by atoms with Crippen molar-refractivity contribution in [2.24, 2.45) is 0 Å². The van der Waals surface area contributed by atoms with Gasteiger partial charge in [0.2, 0.25) is 0 Å². The van der Waals surface area contributed by atoms with Crippen LogP contribution in [0.2, 0.25) is 0 Å². The summed E-state index contributed by atoms with van der Waals surface area (Å²) in [5, 5.41) is 13.8. The monoisotopic (exact) mass is 981 g/mol. The van der Waals surface area contributed by atoms with E-state index >= 15 is 0 Å². The zero-order valence-corrected chi connectivity index (χ0v) is 45.4. The average molecular weight is 982 g/mol. The number of nitrogens with zero attached hydrogens (tertiary/aromatic N) is 1. The van der Waals surface area contributed by atoms with Gasteiger partial charge in [0.15, 0.2) is 7.28 Å². The minimum absolute atomic E-state index is 0.0182. The van der Waals surface area contributed by atoms with Crippen molar-refractivity contribution < 1.29 is 8.83 Å². The van der Waals surface area contributed by atoms with Crippen LogP contribution in [-0.4, -0.2) is 11.8 Å². The molecule has 0 atom stereocenters. The number of para-hydroxylation sites is 2. The highest BCUT2D eigenvalue weighted by Crippen LogP contribution is 2.54. The van der Waals surface area contributed by atoms with Crippen LogP contribution in [0.3, 0.4) is 0 Å². The molecule has 4 nitrogen and oxygen atoms in total. The molecule has 365 valence electrons. The Hall–Kier alpha value is -6.76. The average Bonchev–Trinajstić information content (AvgIpc) is 4.12. The van der Waals surface area contributed by atoms with Crippen LogP contribution in [0.5, 0.6) is 0 Å². The van der Waals surface area contributed by atoms with E-state index in [2.05, 4.69) is 215 Å². The molecule has 8 aromatic carbocycles. The van der Waals surface area contributed by atoms with Gasteiger partial charge in [-0.2, -0.15) is 0 Å². The first kappa shape index (κ1) is 44.7. The van der Waals surface area contributed by atoms with Crippen LogP contribution in [0.4, 0.5) is 11.4 Å². The Morgan fingerprint density at radius 2 is 1.12 bits per heavy atom. The van der Waals surface area contributed by atoms with Crippen molar-refractivity contribution >= 4 is 127 Å². The van der Waals surface area contributed by atoms with E-state index in [4.69, 9.17) is 8.83 Å². The number of hydrogen-bond acceptors (Lipinski definition) is 4. The van der Waals surface area contributed by atoms with Crippen molar-refractivity contribution in [2.75, 3.05) is 5.32 Å². The lowest BCUT2D eigenvalue weighted by molar-refractivity contribution is 0.332. The number of thiophene rings is 1. The van der Waals surface area contributed by atoms with Gasteiger partial charge in [0, 0.05) is 86.2 Å². The van der Waals surface area contributed by atoms with Gasteiger partial charge in [0.05, 0.1) is 5.52 Å². The van der Waals surface area contributed by atoms with Gasteiger partial charge in [0.1, 0.15) is 22.3 Å². The van der Waals surface area contributed by atoms with Gasteiger partial charge in [-0.15, -0.1) is 11.3 Å². The Morgan fingerprint density at radius 3 is 1.80 bits per heavy atom. The summed E-state index contributed by atoms with van der Waals surface area (Å²) >= 11 is 1.93. The number of furan rings is 2. The van der Waals surface area contributed by atoms with E-state index < -0.39 is 0 Å². The van der Waals surface area contributed by atoms with Gasteiger partial charge in [-0.3, -0.25) is 0 Å². The number of aromatic nitrogens is 1. The zero-order valence-electron chi connectivity index (χ0n) is 44.6. The van der Waals surface area contributed by atoms with Crippen LogP contribution in [0.1, 0.15) is 130 Å². The van der Waals surface area contributed by atoms with Crippen molar-refractivity contribution in [3.05, 3.63) is 149 Å². The molecule has 15 rings (SSSR count). The second-order valence-corrected chi connectivity index (χ2v) is 27.2. The first-order chi connectivity index (χ1) is 35.2. The number of benzene rings is 8. The predicted octanol–water partition coefficient (Wildman–Crippen LogP) is 18.3. The number of nitrogens with one attached hydrogen (secondary N) is 1. The number of anilines is 2. The maximum atomic E-state index is 7.45. The van der Waals surface area contributed by atoms with Crippen molar-refractivity contribution in [1.29, 1.82) is 0 Å². The Balaban J connectivity index is 1.12. The van der Waals surface area contributed by atoms with Crippen molar-refractivity contribution in [3.63, 3.8) is 0 Å². The molecule has 4 aromatic heterocycles. The normalized spacial score (nSPS) is 17.4. The SMILES string of the molecule is CC(C)(C)c1ccc(Nc2cc3sc4cc5c(cc4c3cc2-c2c3c4c(c6cc7c(cc6n4-c4cc6c(cc4[B]3)oc3ccccc36)C(C)(C)CCC7(C)C)c3c2oc2ccccc23)C(C)(C)CCC5(C)C)cc1. The molecule has 0 saturated carbocycles. The van der Waals surface area contributed by atoms with Crippen LogP contribution in [-0.2, 0) is 27.1 Å². The molecule has 0 saturated heterocycles. The van der Waals surface area contributed by atoms with Crippen LogP contribution in [0.15, 0.2) is 130 Å². The molecule has 3 aliphatic rings. The Morgan fingerprint density at radius 1 is 0.541 bits per heavy atom. The van der Waals surface area contributed by atoms with Crippen molar-refractivity contribution in [2.45, 2.75) is 129 Å². The lowest BCUT2D eigenvalue weighted by Gasteiger charge is -2.42. The van der Waals surface area contributed by atoms with Gasteiger partial charge in [-0.05, 0) is 159 Å². The Kier molecular flexibility index (Phi) is 8.79. The first-order valence-corrected chi connectivity index (χ1v) is 27.8. The standard InChI is InChI=1S/C68H62BN2O2S/c1-64(2,3)36-20-22-37(23-21-36)70-50-35-57-41(42-29-45-48(33-56(42)74-57)68(10,11)27-25-65(45,4)5)28-43(50)60-61-62-58(59-39-17-13-15-19-54(39)73-63(59)60)44-30-46-47(67(8,9)26-24-66(46,6)7)32-51(44)71(62)52-31-40-38-16-12-14-18-53(38)72-55(40)34-49(52)69-61/h12-23,28-35,70H,24-27H2,1-11H3. The van der Waals surface area contributed by atoms with E-state index in [0.717, 1.165) is 84.8 Å². The largest absolute Gasteiger partial charge is 0.456 e. The predicted molar refractivity (Wildman–Crippen MR) is 318 cm³/mol. The second kappa shape index (κ2) is 14.5. The lowest BCUT2D eigenvalue weighted by Crippen LogP contribution is -2.37. The van der Waals surface area contributed by atoms with Crippen LogP contribution in [0, 0.1) is 0 Å². The molecule has 6 heteroatoms. The molecule has 1 radical (unpaired) electrons. The highest BCUT2D eigenvalue weighted by molar-refractivity contribution is 7.25. The Bertz CT molecular complexity index is 4460. The van der Waals surface area contributed by atoms with E-state index in [-0.39, 0.29) is 27.1 Å². The summed E-state index contributed by atoms with van der Waals surface area (Å²) in [6.45, 7) is 26.4. The molecule has 1 N–H and O–H groups in total. The van der Waals surface area contributed by atoms with E-state index in [1.807, 2.05) is 11.3 Å². The molecule has 0 bridgehead atoms. The third kappa shape index (κ3) is 6.15. The van der Waals surface area contributed by atoms with Crippen LogP contribution in [0.25, 0.3) is 103 Å². The quantitative estimate of drug-likeness (QED) is 0.179. The summed E-state index contributed by atoms with van der Waals surface area (Å²) in [5.74, 6) is 0. The third-order valence-corrected chi connectivity index (χ3v) is 19.6. The molecular weight excluding hydrogens is 920 g/mol. The first-order valence-electron chi connectivity index (χ1n) is 27.0. The fraction of sp³-hybridized carbons (Fsp3) is 0.294. The van der Waals surface area contributed by atoms with Gasteiger partial charge >= 0.3 is 0 Å². The maximum Gasteiger partial charge on any atom is 0.198 e. The maximum absolute atomic E-state index is 7.45. The molecule has 2 aliphatic carbocycles. The van der Waals surface area contributed by atoms with Gasteiger partial charge in [-0.25, -0.2) is 0 Å². The Labute approximate surface area is 438 Å². The molecule has 0 fully saturated rings. The zero-order chi connectivity index (χ0) is 50.7. The van der Waals surface area contributed by atoms with E-state index in [1.165, 1.54) is 93.7 Å². The molecule has 0 unspecified atom stereocenters. The van der Waals surface area contributed by atoms with E-state index in [1.54, 1.807) is 0 Å². The van der Waals surface area contributed by atoms with Crippen molar-refractivity contribution in [3.8, 4) is 16.8 Å². The molecule has 5 heterocycles. The third-order valence-electron chi connectivity index (χ3n) is 18.5. The highest BCUT2D eigenvalue weighted by atomic mass is 32.1. The fourth-order valence-electron chi connectivity index (χ4n) is 13.9. The summed E-state index contributed by atoms with van der Waals surface area (Å²) in [6, 6.07) is 46.2. The van der Waals surface area contributed by atoms with Gasteiger partial charge < -0.3 is 18.7 Å². The second-order valence-electron chi connectivity index (χ2n) is 26.1. The lowest BCUT2D eigenvalue weighted by atomic mass is 9.58. The molecular formula is C68H62BN2O2S. The molecule has 74 heavy (non-hydrogen) atoms. The highest BCUT2D eigenvalue weighted by Gasteiger charge is 2.41. The van der Waals surface area contributed by atoms with Crippen molar-refractivity contribution in [1.82, 2.24) is 4.57 Å². The van der Waals surface area contributed by atoms with Gasteiger partial charge in [-0.1, -0.05) is 130 Å². The van der Waals surface area contributed by atoms with E-state index in [9.17, 15) is 0 Å². The number of rotatable bonds is 3. The smallest absolute Gasteiger partial charge is 0.198 e. The summed E-state index contributed by atoms with van der Waals surface area (Å²) in [6.07, 6.45) is 4.64.